The molecule has 0 atom stereocenters. The first-order valence-corrected chi connectivity index (χ1v) is 4.26. The van der Waals surface area contributed by atoms with E-state index in [0.717, 1.165) is 0 Å². The molecule has 0 saturated carbocycles. The Balaban J connectivity index is 3.21. The number of aromatic nitrogens is 1. The normalized spacial score (nSPS) is 9.86. The van der Waals surface area contributed by atoms with Gasteiger partial charge in [-0.2, -0.15) is 0 Å². The van der Waals surface area contributed by atoms with Gasteiger partial charge in [-0.05, 0) is 6.92 Å². The largest absolute Gasteiger partial charge is 0.478 e. The van der Waals surface area contributed by atoms with Crippen LogP contribution in [0.15, 0.2) is 6.07 Å². The minimum atomic E-state index is -1.23. The summed E-state index contributed by atoms with van der Waals surface area (Å²) in [7, 11) is 0. The van der Waals surface area contributed by atoms with Gasteiger partial charge in [0.05, 0.1) is 17.3 Å². The summed E-state index contributed by atoms with van der Waals surface area (Å²) in [4.78, 5) is 14.4. The third-order valence-electron chi connectivity index (χ3n) is 1.48. The molecule has 1 aromatic rings. The van der Waals surface area contributed by atoms with Crippen LogP contribution in [0.25, 0.3) is 0 Å². The first-order chi connectivity index (χ1) is 6.56. The van der Waals surface area contributed by atoms with E-state index in [1.165, 1.54) is 6.07 Å². The fourth-order valence-corrected chi connectivity index (χ4v) is 1.07. The first kappa shape index (κ1) is 10.6. The lowest BCUT2D eigenvalue weighted by Crippen LogP contribution is -2.08. The Bertz CT molecular complexity index is 368. The first-order valence-electron chi connectivity index (χ1n) is 3.88. The van der Waals surface area contributed by atoms with Crippen LogP contribution in [0.3, 0.4) is 0 Å². The maximum absolute atomic E-state index is 10.7. The van der Waals surface area contributed by atoms with E-state index in [-0.39, 0.29) is 22.3 Å². The molecule has 1 heterocycles. The van der Waals surface area contributed by atoms with Gasteiger partial charge in [-0.15, -0.1) is 0 Å². The summed E-state index contributed by atoms with van der Waals surface area (Å²) < 4.78 is 5.02. The molecule has 76 valence electrons. The number of carboxylic acid groups (broad SMARTS) is 1. The molecule has 0 fully saturated rings. The topological polar surface area (TPSA) is 85.4 Å². The quantitative estimate of drug-likeness (QED) is 0.798. The summed E-state index contributed by atoms with van der Waals surface area (Å²) in [6.07, 6.45) is 0. The van der Waals surface area contributed by atoms with Crippen LogP contribution in [0.2, 0.25) is 5.02 Å². The minimum absolute atomic E-state index is 0.0531. The third-order valence-corrected chi connectivity index (χ3v) is 1.79. The lowest BCUT2D eigenvalue weighted by atomic mass is 10.3. The number of carboxylic acids is 1. The molecule has 0 aromatic carbocycles. The Morgan fingerprint density at radius 3 is 2.93 bits per heavy atom. The average Bonchev–Trinajstić information content (AvgIpc) is 2.11. The number of hydrogen-bond donors (Lipinski definition) is 2. The molecule has 0 unspecified atom stereocenters. The Labute approximate surface area is 85.5 Å². The van der Waals surface area contributed by atoms with E-state index < -0.39 is 5.97 Å². The summed E-state index contributed by atoms with van der Waals surface area (Å²) in [5.74, 6) is -1.07. The van der Waals surface area contributed by atoms with Crippen molar-refractivity contribution in [1.29, 1.82) is 0 Å². The van der Waals surface area contributed by atoms with Crippen molar-refractivity contribution < 1.29 is 14.6 Å². The molecule has 14 heavy (non-hydrogen) atoms. The van der Waals surface area contributed by atoms with Gasteiger partial charge in [0.25, 0.3) is 0 Å². The van der Waals surface area contributed by atoms with E-state index in [9.17, 15) is 4.79 Å². The van der Waals surface area contributed by atoms with E-state index in [1.54, 1.807) is 6.92 Å². The van der Waals surface area contributed by atoms with Crippen LogP contribution in [0.4, 0.5) is 5.69 Å². The highest BCUT2D eigenvalue weighted by molar-refractivity contribution is 6.33. The van der Waals surface area contributed by atoms with Gasteiger partial charge < -0.3 is 15.6 Å². The predicted molar refractivity (Wildman–Crippen MR) is 51.8 cm³/mol. The maximum Gasteiger partial charge on any atom is 0.356 e. The maximum atomic E-state index is 10.7. The standard InChI is InChI=1S/C8H9ClN2O3/c1-2-14-5-3-4(9)6(10)7(11-5)8(12)13/h3H,2,10H2,1H3,(H,12,13). The van der Waals surface area contributed by atoms with Gasteiger partial charge in [-0.3, -0.25) is 0 Å². The minimum Gasteiger partial charge on any atom is -0.478 e. The van der Waals surface area contributed by atoms with Crippen LogP contribution >= 0.6 is 11.6 Å². The van der Waals surface area contributed by atoms with E-state index in [0.29, 0.717) is 6.61 Å². The van der Waals surface area contributed by atoms with Crippen molar-refractivity contribution in [2.75, 3.05) is 12.3 Å². The molecule has 0 spiro atoms. The molecule has 0 aliphatic heterocycles. The zero-order valence-corrected chi connectivity index (χ0v) is 8.21. The second-order valence-corrected chi connectivity index (χ2v) is 2.85. The molecule has 0 saturated heterocycles. The van der Waals surface area contributed by atoms with E-state index in [4.69, 9.17) is 27.2 Å². The van der Waals surface area contributed by atoms with Crippen LogP contribution in [0, 0.1) is 0 Å². The van der Waals surface area contributed by atoms with Crippen LogP contribution in [-0.2, 0) is 0 Å². The van der Waals surface area contributed by atoms with Crippen LogP contribution in [0.1, 0.15) is 17.4 Å². The fraction of sp³-hybridized carbons (Fsp3) is 0.250. The van der Waals surface area contributed by atoms with Crippen LogP contribution in [-0.4, -0.2) is 22.7 Å². The van der Waals surface area contributed by atoms with Gasteiger partial charge in [0, 0.05) is 6.07 Å². The number of pyridine rings is 1. The molecule has 6 heteroatoms. The van der Waals surface area contributed by atoms with E-state index in [1.807, 2.05) is 0 Å². The molecule has 0 radical (unpaired) electrons. The Morgan fingerprint density at radius 1 is 1.79 bits per heavy atom. The molecule has 0 amide bonds. The number of aromatic carboxylic acids is 1. The highest BCUT2D eigenvalue weighted by Crippen LogP contribution is 2.25. The summed E-state index contributed by atoms with van der Waals surface area (Å²) in [6.45, 7) is 2.14. The van der Waals surface area contributed by atoms with Gasteiger partial charge in [0.1, 0.15) is 0 Å². The third kappa shape index (κ3) is 2.05. The molecule has 0 aliphatic carbocycles. The summed E-state index contributed by atoms with van der Waals surface area (Å²) in [6, 6.07) is 1.38. The number of anilines is 1. The van der Waals surface area contributed by atoms with E-state index in [2.05, 4.69) is 4.98 Å². The lowest BCUT2D eigenvalue weighted by molar-refractivity contribution is 0.0690. The van der Waals surface area contributed by atoms with Crippen molar-refractivity contribution in [3.05, 3.63) is 16.8 Å². The van der Waals surface area contributed by atoms with Gasteiger partial charge in [0.15, 0.2) is 5.69 Å². The van der Waals surface area contributed by atoms with Gasteiger partial charge in [0.2, 0.25) is 5.88 Å². The molecular formula is C8H9ClN2O3. The highest BCUT2D eigenvalue weighted by atomic mass is 35.5. The number of carbonyl (C=O) groups is 1. The van der Waals surface area contributed by atoms with Crippen LogP contribution in [0.5, 0.6) is 5.88 Å². The number of ether oxygens (including phenoxy) is 1. The Morgan fingerprint density at radius 2 is 2.43 bits per heavy atom. The molecule has 1 aromatic heterocycles. The zero-order chi connectivity index (χ0) is 10.7. The number of rotatable bonds is 3. The van der Waals surface area contributed by atoms with Gasteiger partial charge >= 0.3 is 5.97 Å². The van der Waals surface area contributed by atoms with Gasteiger partial charge in [-0.25, -0.2) is 9.78 Å². The smallest absolute Gasteiger partial charge is 0.356 e. The monoisotopic (exact) mass is 216 g/mol. The molecule has 0 bridgehead atoms. The second kappa shape index (κ2) is 4.15. The van der Waals surface area contributed by atoms with Crippen LogP contribution < -0.4 is 10.5 Å². The zero-order valence-electron chi connectivity index (χ0n) is 7.45. The van der Waals surface area contributed by atoms with Crippen molar-refractivity contribution in [1.82, 2.24) is 4.98 Å². The van der Waals surface area contributed by atoms with Crippen molar-refractivity contribution >= 4 is 23.3 Å². The molecule has 5 nitrogen and oxygen atoms in total. The summed E-state index contributed by atoms with van der Waals surface area (Å²) in [5.41, 5.74) is 5.07. The Hall–Kier alpha value is -1.49. The highest BCUT2D eigenvalue weighted by Gasteiger charge is 2.15. The number of nitrogens with two attached hydrogens (primary N) is 1. The molecule has 3 N–H and O–H groups in total. The van der Waals surface area contributed by atoms with Crippen molar-refractivity contribution in [3.8, 4) is 5.88 Å². The Kier molecular flexibility index (Phi) is 3.14. The van der Waals surface area contributed by atoms with Crippen molar-refractivity contribution in [2.24, 2.45) is 0 Å². The number of halogens is 1. The SMILES string of the molecule is CCOc1cc(Cl)c(N)c(C(=O)O)n1. The van der Waals surface area contributed by atoms with Crippen molar-refractivity contribution in [2.45, 2.75) is 6.92 Å². The lowest BCUT2D eigenvalue weighted by Gasteiger charge is -2.06. The van der Waals surface area contributed by atoms with Gasteiger partial charge in [-0.1, -0.05) is 11.6 Å². The predicted octanol–water partition coefficient (Wildman–Crippen LogP) is 1.41. The number of hydrogen-bond acceptors (Lipinski definition) is 4. The summed E-state index contributed by atoms with van der Waals surface area (Å²) >= 11 is 5.69. The van der Waals surface area contributed by atoms with Crippen molar-refractivity contribution in [3.63, 3.8) is 0 Å². The molecular weight excluding hydrogens is 208 g/mol. The number of nitrogens with zero attached hydrogens (tertiary/aromatic N) is 1. The summed E-state index contributed by atoms with van der Waals surface area (Å²) in [5, 5.41) is 8.85. The number of nitrogen functional groups attached to an aromatic ring is 1. The average molecular weight is 217 g/mol. The second-order valence-electron chi connectivity index (χ2n) is 2.44. The fourth-order valence-electron chi connectivity index (χ4n) is 0.887. The molecule has 1 rings (SSSR count). The molecule has 0 aliphatic rings. The van der Waals surface area contributed by atoms with E-state index >= 15 is 0 Å².